The summed E-state index contributed by atoms with van der Waals surface area (Å²) in [5, 5.41) is 3.16. The second-order valence-electron chi connectivity index (χ2n) is 7.28. The van der Waals surface area contributed by atoms with Crippen molar-refractivity contribution in [1.29, 1.82) is 0 Å². The number of hydrogen-bond donors (Lipinski definition) is 1. The highest BCUT2D eigenvalue weighted by molar-refractivity contribution is 5.96. The summed E-state index contributed by atoms with van der Waals surface area (Å²) in [6, 6.07) is 17.0. The van der Waals surface area contributed by atoms with Crippen LogP contribution in [0.1, 0.15) is 27.4 Å². The molecule has 33 heavy (non-hydrogen) atoms. The van der Waals surface area contributed by atoms with Crippen molar-refractivity contribution in [2.75, 3.05) is 7.11 Å². The highest BCUT2D eigenvalue weighted by atomic mass is 16.5. The van der Waals surface area contributed by atoms with Gasteiger partial charge in [-0.05, 0) is 30.7 Å². The second kappa shape index (κ2) is 9.44. The minimum absolute atomic E-state index is 0.00222. The minimum Gasteiger partial charge on any atom is -0.497 e. The molecule has 0 aliphatic heterocycles. The summed E-state index contributed by atoms with van der Waals surface area (Å²) in [4.78, 5) is 37.5. The molecule has 1 amide bonds. The molecule has 0 spiro atoms. The van der Waals surface area contributed by atoms with Gasteiger partial charge in [0.15, 0.2) is 5.76 Å². The third kappa shape index (κ3) is 4.95. The number of carbonyl (C=O) groups excluding carboxylic acids is 1. The maximum Gasteiger partial charge on any atom is 0.349 e. The fourth-order valence-electron chi connectivity index (χ4n) is 3.29. The Hall–Kier alpha value is -4.33. The smallest absolute Gasteiger partial charge is 0.349 e. The van der Waals surface area contributed by atoms with Crippen LogP contribution in [-0.2, 0) is 13.2 Å². The van der Waals surface area contributed by atoms with Crippen LogP contribution < -0.4 is 25.8 Å². The Kier molecular flexibility index (Phi) is 6.26. The average molecular weight is 447 g/mol. The van der Waals surface area contributed by atoms with E-state index in [4.69, 9.17) is 18.3 Å². The molecule has 0 fully saturated rings. The number of benzene rings is 2. The van der Waals surface area contributed by atoms with Gasteiger partial charge in [-0.2, -0.15) is 0 Å². The zero-order valence-electron chi connectivity index (χ0n) is 18.0. The summed E-state index contributed by atoms with van der Waals surface area (Å²) in [5.74, 6) is 0.386. The Bertz CT molecular complexity index is 1420. The van der Waals surface area contributed by atoms with Crippen LogP contribution in [0.15, 0.2) is 79.1 Å². The third-order valence-corrected chi connectivity index (χ3v) is 4.92. The molecular weight excluding hydrogens is 426 g/mol. The van der Waals surface area contributed by atoms with Crippen LogP contribution in [0.5, 0.6) is 11.5 Å². The number of hydrogen-bond acceptors (Lipinski definition) is 7. The van der Waals surface area contributed by atoms with E-state index in [-0.39, 0.29) is 35.7 Å². The first-order valence-corrected chi connectivity index (χ1v) is 10.1. The second-order valence-corrected chi connectivity index (χ2v) is 7.28. The lowest BCUT2D eigenvalue weighted by Crippen LogP contribution is -2.28. The molecule has 0 atom stereocenters. The van der Waals surface area contributed by atoms with E-state index in [0.717, 1.165) is 5.56 Å². The van der Waals surface area contributed by atoms with Crippen molar-refractivity contribution >= 4 is 16.9 Å². The molecule has 4 aromatic rings. The molecule has 0 unspecified atom stereocenters. The quantitative estimate of drug-likeness (QED) is 0.432. The van der Waals surface area contributed by atoms with Crippen LogP contribution in [-0.4, -0.2) is 13.0 Å². The van der Waals surface area contributed by atoms with Gasteiger partial charge in [0, 0.05) is 17.5 Å². The van der Waals surface area contributed by atoms with E-state index in [1.54, 1.807) is 25.1 Å². The topological polar surface area (TPSA) is 108 Å². The molecule has 2 aromatic carbocycles. The van der Waals surface area contributed by atoms with Crippen molar-refractivity contribution in [2.45, 2.75) is 20.1 Å². The predicted molar refractivity (Wildman–Crippen MR) is 121 cm³/mol. The summed E-state index contributed by atoms with van der Waals surface area (Å²) in [7, 11) is 1.50. The van der Waals surface area contributed by atoms with Crippen molar-refractivity contribution in [3.8, 4) is 11.5 Å². The summed E-state index contributed by atoms with van der Waals surface area (Å²) >= 11 is 0. The zero-order valence-corrected chi connectivity index (χ0v) is 18.0. The zero-order chi connectivity index (χ0) is 23.4. The van der Waals surface area contributed by atoms with E-state index < -0.39 is 11.5 Å². The standard InChI is InChI=1S/C25H21NO7/c1-15-10-20(27)23(31-14-16-6-4-3-5-7-16)22(32-15)13-26-24(28)19-11-17-8-9-18(30-2)12-21(17)33-25(19)29/h3-12H,13-14H2,1-2H3,(H,26,28). The lowest BCUT2D eigenvalue weighted by Gasteiger charge is -2.11. The first kappa shape index (κ1) is 21.9. The molecule has 2 aromatic heterocycles. The molecule has 8 nitrogen and oxygen atoms in total. The number of amides is 1. The fourth-order valence-corrected chi connectivity index (χ4v) is 3.29. The molecule has 8 heteroatoms. The van der Waals surface area contributed by atoms with E-state index in [9.17, 15) is 14.4 Å². The number of ether oxygens (including phenoxy) is 2. The Morgan fingerprint density at radius 1 is 1.00 bits per heavy atom. The summed E-state index contributed by atoms with van der Waals surface area (Å²) < 4.78 is 21.7. The predicted octanol–water partition coefficient (Wildman–Crippen LogP) is 3.57. The van der Waals surface area contributed by atoms with E-state index >= 15 is 0 Å². The van der Waals surface area contributed by atoms with Crippen molar-refractivity contribution < 1.29 is 23.1 Å². The van der Waals surface area contributed by atoms with Gasteiger partial charge in [-0.1, -0.05) is 30.3 Å². The molecule has 168 valence electrons. The number of carbonyl (C=O) groups is 1. The minimum atomic E-state index is -0.792. The maximum atomic E-state index is 12.7. The number of fused-ring (bicyclic) bond motifs is 1. The molecule has 2 heterocycles. The molecule has 1 N–H and O–H groups in total. The third-order valence-electron chi connectivity index (χ3n) is 4.92. The normalized spacial score (nSPS) is 10.7. The largest absolute Gasteiger partial charge is 0.497 e. The first-order chi connectivity index (χ1) is 15.9. The van der Waals surface area contributed by atoms with Crippen molar-refractivity contribution in [3.63, 3.8) is 0 Å². The number of methoxy groups -OCH3 is 1. The van der Waals surface area contributed by atoms with E-state index in [0.29, 0.717) is 22.5 Å². The average Bonchev–Trinajstić information content (AvgIpc) is 2.81. The van der Waals surface area contributed by atoms with Crippen LogP contribution >= 0.6 is 0 Å². The van der Waals surface area contributed by atoms with Gasteiger partial charge in [0.25, 0.3) is 5.91 Å². The molecule has 0 aliphatic rings. The van der Waals surface area contributed by atoms with E-state index in [2.05, 4.69) is 5.32 Å². The highest BCUT2D eigenvalue weighted by Gasteiger charge is 2.18. The maximum absolute atomic E-state index is 12.7. The van der Waals surface area contributed by atoms with Crippen LogP contribution in [0.25, 0.3) is 11.0 Å². The first-order valence-electron chi connectivity index (χ1n) is 10.1. The van der Waals surface area contributed by atoms with Crippen molar-refractivity contribution in [1.82, 2.24) is 5.32 Å². The fraction of sp³-hybridized carbons (Fsp3) is 0.160. The van der Waals surface area contributed by atoms with E-state index in [1.807, 2.05) is 30.3 Å². The monoisotopic (exact) mass is 447 g/mol. The van der Waals surface area contributed by atoms with Crippen molar-refractivity contribution in [3.05, 3.63) is 104 Å². The van der Waals surface area contributed by atoms with Gasteiger partial charge in [-0.15, -0.1) is 0 Å². The molecule has 0 saturated carbocycles. The molecule has 4 rings (SSSR count). The molecule has 0 bridgehead atoms. The Morgan fingerprint density at radius 2 is 1.79 bits per heavy atom. The molecular formula is C25H21NO7. The van der Waals surface area contributed by atoms with Crippen LogP contribution in [0.3, 0.4) is 0 Å². The highest BCUT2D eigenvalue weighted by Crippen LogP contribution is 2.21. The van der Waals surface area contributed by atoms with E-state index in [1.165, 1.54) is 19.2 Å². The van der Waals surface area contributed by atoms with Crippen molar-refractivity contribution in [2.24, 2.45) is 0 Å². The number of nitrogens with one attached hydrogen (secondary N) is 1. The Balaban J connectivity index is 1.55. The van der Waals surface area contributed by atoms with Gasteiger partial charge in [0.2, 0.25) is 11.2 Å². The van der Waals surface area contributed by atoms with Gasteiger partial charge >= 0.3 is 5.63 Å². The van der Waals surface area contributed by atoms with Gasteiger partial charge in [-0.3, -0.25) is 9.59 Å². The number of aryl methyl sites for hydroxylation is 1. The number of rotatable bonds is 7. The van der Waals surface area contributed by atoms with Gasteiger partial charge in [0.05, 0.1) is 13.7 Å². The Labute approximate surface area is 188 Å². The lowest BCUT2D eigenvalue weighted by atomic mass is 10.1. The summed E-state index contributed by atoms with van der Waals surface area (Å²) in [5.41, 5.74) is -0.151. The van der Waals surface area contributed by atoms with Gasteiger partial charge < -0.3 is 23.6 Å². The van der Waals surface area contributed by atoms with Crippen LogP contribution in [0, 0.1) is 6.92 Å². The summed E-state index contributed by atoms with van der Waals surface area (Å²) in [6.45, 7) is 1.63. The Morgan fingerprint density at radius 3 is 2.55 bits per heavy atom. The van der Waals surface area contributed by atoms with Crippen LogP contribution in [0.4, 0.5) is 0 Å². The molecule has 0 aliphatic carbocycles. The molecule has 0 radical (unpaired) electrons. The van der Waals surface area contributed by atoms with Gasteiger partial charge in [-0.25, -0.2) is 4.79 Å². The lowest BCUT2D eigenvalue weighted by molar-refractivity contribution is 0.0943. The van der Waals surface area contributed by atoms with Crippen LogP contribution in [0.2, 0.25) is 0 Å². The SMILES string of the molecule is COc1ccc2cc(C(=O)NCc3oc(C)cc(=O)c3OCc3ccccc3)c(=O)oc2c1. The summed E-state index contributed by atoms with van der Waals surface area (Å²) in [6.07, 6.45) is 0. The van der Waals surface area contributed by atoms with Gasteiger partial charge in [0.1, 0.15) is 29.3 Å². The molecule has 0 saturated heterocycles.